The Balaban J connectivity index is 1.67. The summed E-state index contributed by atoms with van der Waals surface area (Å²) in [5, 5.41) is 3.49. The summed E-state index contributed by atoms with van der Waals surface area (Å²) in [6.45, 7) is 4.33. The van der Waals surface area contributed by atoms with Gasteiger partial charge in [-0.2, -0.15) is 0 Å². The predicted octanol–water partition coefficient (Wildman–Crippen LogP) is 3.09. The first kappa shape index (κ1) is 20.6. The molecule has 2 aromatic rings. The number of rotatable bonds is 4. The van der Waals surface area contributed by atoms with Gasteiger partial charge in [0.25, 0.3) is 11.8 Å². The van der Waals surface area contributed by atoms with Crippen LogP contribution in [0.15, 0.2) is 42.5 Å². The molecule has 0 radical (unpaired) electrons. The molecule has 1 fully saturated rings. The van der Waals surface area contributed by atoms with Crippen LogP contribution in [0.1, 0.15) is 22.0 Å². The largest absolute Gasteiger partial charge is 0.379 e. The fraction of sp³-hybridized carbons (Fsp3) is 0.333. The third kappa shape index (κ3) is 4.58. The summed E-state index contributed by atoms with van der Waals surface area (Å²) in [7, 11) is 0. The molecule has 2 heterocycles. The molecule has 0 spiro atoms. The number of hydrogen-bond acceptors (Lipinski definition) is 4. The fourth-order valence-electron chi connectivity index (χ4n) is 3.65. The van der Waals surface area contributed by atoms with Crippen LogP contribution in [0.2, 0.25) is 5.02 Å². The molecule has 8 heteroatoms. The molecular formula is C21H21ClIN3O3. The van der Waals surface area contributed by atoms with Crippen LogP contribution in [0.5, 0.6) is 0 Å². The Kier molecular flexibility index (Phi) is 6.38. The second-order valence-electron chi connectivity index (χ2n) is 7.06. The summed E-state index contributed by atoms with van der Waals surface area (Å²) in [5.41, 5.74) is 1.88. The van der Waals surface area contributed by atoms with Crippen molar-refractivity contribution < 1.29 is 14.3 Å². The molecule has 2 aliphatic rings. The summed E-state index contributed by atoms with van der Waals surface area (Å²) < 4.78 is 6.36. The fourth-order valence-corrected chi connectivity index (χ4v) is 4.27. The van der Waals surface area contributed by atoms with Crippen molar-refractivity contribution in [3.8, 4) is 0 Å². The van der Waals surface area contributed by atoms with Gasteiger partial charge in [-0.25, -0.2) is 0 Å². The third-order valence-corrected chi connectivity index (χ3v) is 6.15. The van der Waals surface area contributed by atoms with Crippen LogP contribution < -0.4 is 10.2 Å². The standard InChI is InChI=1S/C21H21ClIN3O3/c22-15-3-1-14(2-4-15)19-21(28)26(8-7-25-9-11-29-12-10-25)18-6-5-16(23)13-17(18)20(27)24-19/h1-6,13,19H,7-12H2,(H,24,27)/t19-/m1/s1. The predicted molar refractivity (Wildman–Crippen MR) is 120 cm³/mol. The van der Waals surface area contributed by atoms with Gasteiger partial charge in [0.1, 0.15) is 6.04 Å². The lowest BCUT2D eigenvalue weighted by molar-refractivity contribution is -0.120. The number of nitrogens with zero attached hydrogens (tertiary/aromatic N) is 2. The number of ether oxygens (including phenoxy) is 1. The summed E-state index contributed by atoms with van der Waals surface area (Å²) in [4.78, 5) is 30.5. The molecule has 1 atom stereocenters. The number of anilines is 1. The van der Waals surface area contributed by atoms with Crippen molar-refractivity contribution in [2.24, 2.45) is 0 Å². The van der Waals surface area contributed by atoms with E-state index in [0.717, 1.165) is 23.2 Å². The number of nitrogens with one attached hydrogen (secondary N) is 1. The van der Waals surface area contributed by atoms with E-state index in [0.29, 0.717) is 41.6 Å². The van der Waals surface area contributed by atoms with Crippen LogP contribution >= 0.6 is 34.2 Å². The number of halogens is 2. The lowest BCUT2D eigenvalue weighted by atomic mass is 10.1. The van der Waals surface area contributed by atoms with Gasteiger partial charge in [0, 0.05) is 34.8 Å². The Morgan fingerprint density at radius 2 is 1.79 bits per heavy atom. The molecular weight excluding hydrogens is 505 g/mol. The molecule has 6 nitrogen and oxygen atoms in total. The van der Waals surface area contributed by atoms with Gasteiger partial charge in [0.2, 0.25) is 0 Å². The van der Waals surface area contributed by atoms with Crippen LogP contribution in [0.3, 0.4) is 0 Å². The van der Waals surface area contributed by atoms with Crippen LogP contribution in [0, 0.1) is 3.57 Å². The van der Waals surface area contributed by atoms with Crippen molar-refractivity contribution in [1.29, 1.82) is 0 Å². The van der Waals surface area contributed by atoms with Crippen LogP contribution in [-0.2, 0) is 9.53 Å². The summed E-state index contributed by atoms with van der Waals surface area (Å²) in [6, 6.07) is 11.9. The maximum Gasteiger partial charge on any atom is 0.254 e. The second kappa shape index (κ2) is 8.99. The Hall–Kier alpha value is -1.68. The molecule has 0 bridgehead atoms. The van der Waals surface area contributed by atoms with E-state index in [-0.39, 0.29) is 11.8 Å². The molecule has 1 saturated heterocycles. The quantitative estimate of drug-likeness (QED) is 0.624. The smallest absolute Gasteiger partial charge is 0.254 e. The highest BCUT2D eigenvalue weighted by molar-refractivity contribution is 14.1. The average molecular weight is 526 g/mol. The molecule has 0 unspecified atom stereocenters. The van der Waals surface area contributed by atoms with Crippen molar-refractivity contribution in [1.82, 2.24) is 10.2 Å². The molecule has 152 valence electrons. The lowest BCUT2D eigenvalue weighted by Gasteiger charge is -2.31. The summed E-state index contributed by atoms with van der Waals surface area (Å²) in [5.74, 6) is -0.394. The van der Waals surface area contributed by atoms with E-state index in [2.05, 4.69) is 32.8 Å². The maximum absolute atomic E-state index is 13.5. The third-order valence-electron chi connectivity index (χ3n) is 5.23. The van der Waals surface area contributed by atoms with Gasteiger partial charge in [0.15, 0.2) is 0 Å². The number of fused-ring (bicyclic) bond motifs is 1. The molecule has 1 N–H and O–H groups in total. The highest BCUT2D eigenvalue weighted by Crippen LogP contribution is 2.30. The van der Waals surface area contributed by atoms with Gasteiger partial charge in [-0.1, -0.05) is 23.7 Å². The van der Waals surface area contributed by atoms with Gasteiger partial charge in [-0.3, -0.25) is 14.5 Å². The minimum Gasteiger partial charge on any atom is -0.379 e. The van der Waals surface area contributed by atoms with E-state index < -0.39 is 6.04 Å². The Bertz CT molecular complexity index is 916. The van der Waals surface area contributed by atoms with Crippen molar-refractivity contribution >= 4 is 51.7 Å². The van der Waals surface area contributed by atoms with Crippen LogP contribution in [-0.4, -0.2) is 56.1 Å². The van der Waals surface area contributed by atoms with Gasteiger partial charge >= 0.3 is 0 Å². The van der Waals surface area contributed by atoms with E-state index in [1.54, 1.807) is 29.2 Å². The van der Waals surface area contributed by atoms with Crippen LogP contribution in [0.4, 0.5) is 5.69 Å². The molecule has 0 saturated carbocycles. The zero-order valence-corrected chi connectivity index (χ0v) is 18.6. The van der Waals surface area contributed by atoms with Crippen molar-refractivity contribution in [2.45, 2.75) is 6.04 Å². The molecule has 0 aliphatic carbocycles. The highest BCUT2D eigenvalue weighted by atomic mass is 127. The molecule has 4 rings (SSSR count). The normalized spacial score (nSPS) is 20.2. The molecule has 2 aromatic carbocycles. The Labute approximate surface area is 188 Å². The number of amides is 2. The molecule has 2 aliphatic heterocycles. The van der Waals surface area contributed by atoms with E-state index >= 15 is 0 Å². The van der Waals surface area contributed by atoms with Crippen LogP contribution in [0.25, 0.3) is 0 Å². The maximum atomic E-state index is 13.5. The van der Waals surface area contributed by atoms with Gasteiger partial charge in [0.05, 0.1) is 24.5 Å². The van der Waals surface area contributed by atoms with Gasteiger partial charge < -0.3 is 15.0 Å². The zero-order chi connectivity index (χ0) is 20.4. The first-order valence-corrected chi connectivity index (χ1v) is 11.0. The Morgan fingerprint density at radius 1 is 1.07 bits per heavy atom. The van der Waals surface area contributed by atoms with E-state index in [1.807, 2.05) is 18.2 Å². The molecule has 0 aromatic heterocycles. The van der Waals surface area contributed by atoms with Crippen molar-refractivity contribution in [3.05, 3.63) is 62.2 Å². The van der Waals surface area contributed by atoms with Gasteiger partial charge in [-0.15, -0.1) is 0 Å². The van der Waals surface area contributed by atoms with Gasteiger partial charge in [-0.05, 0) is 58.5 Å². The Morgan fingerprint density at radius 3 is 2.52 bits per heavy atom. The molecule has 29 heavy (non-hydrogen) atoms. The lowest BCUT2D eigenvalue weighted by Crippen LogP contribution is -2.45. The van der Waals surface area contributed by atoms with Crippen molar-refractivity contribution in [3.63, 3.8) is 0 Å². The zero-order valence-electron chi connectivity index (χ0n) is 15.7. The topological polar surface area (TPSA) is 61.9 Å². The number of hydrogen-bond donors (Lipinski definition) is 1. The summed E-state index contributed by atoms with van der Waals surface area (Å²) >= 11 is 8.18. The number of morpholine rings is 1. The average Bonchev–Trinajstić information content (AvgIpc) is 2.83. The van der Waals surface area contributed by atoms with E-state index in [1.165, 1.54) is 0 Å². The first-order valence-electron chi connectivity index (χ1n) is 9.50. The van der Waals surface area contributed by atoms with E-state index in [9.17, 15) is 9.59 Å². The minimum absolute atomic E-state index is 0.145. The van der Waals surface area contributed by atoms with E-state index in [4.69, 9.17) is 16.3 Å². The summed E-state index contributed by atoms with van der Waals surface area (Å²) in [6.07, 6.45) is 0. The monoisotopic (exact) mass is 525 g/mol. The van der Waals surface area contributed by atoms with Crippen molar-refractivity contribution in [2.75, 3.05) is 44.3 Å². The number of benzene rings is 2. The second-order valence-corrected chi connectivity index (χ2v) is 8.75. The molecule has 2 amide bonds. The minimum atomic E-state index is -0.755. The number of carbonyl (C=O) groups excluding carboxylic acids is 2. The first-order chi connectivity index (χ1) is 14.0. The number of carbonyl (C=O) groups is 2. The highest BCUT2D eigenvalue weighted by Gasteiger charge is 2.35. The SMILES string of the molecule is O=C1N[C@H](c2ccc(Cl)cc2)C(=O)N(CCN2CCOCC2)c2ccc(I)cc21.